The third-order valence-corrected chi connectivity index (χ3v) is 7.11. The van der Waals surface area contributed by atoms with Crippen molar-refractivity contribution < 1.29 is 9.53 Å². The molecule has 0 bridgehead atoms. The number of amides is 1. The molecule has 3 aromatic rings. The van der Waals surface area contributed by atoms with Crippen molar-refractivity contribution in [2.75, 3.05) is 12.4 Å². The molecular formula is C22H24N4O2S2. The first-order chi connectivity index (χ1) is 14.6. The Balaban J connectivity index is 1.36. The number of hydrogen-bond donors (Lipinski definition) is 2. The summed E-state index contributed by atoms with van der Waals surface area (Å²) in [6.45, 7) is 1.91. The van der Waals surface area contributed by atoms with Crippen LogP contribution in [0, 0.1) is 0 Å². The fourth-order valence-corrected chi connectivity index (χ4v) is 5.49. The predicted octanol–water partition coefficient (Wildman–Crippen LogP) is 4.96. The summed E-state index contributed by atoms with van der Waals surface area (Å²) in [7, 11) is 1.63. The Morgan fingerprint density at radius 3 is 2.87 bits per heavy atom. The molecule has 0 fully saturated rings. The highest BCUT2D eigenvalue weighted by Gasteiger charge is 2.24. The SMILES string of the molecule is COc1ccccc1Nc1nnc(S[C@@H](C)C(=O)N[C@@H]2CCCc3ccccc32)s1. The van der Waals surface area contributed by atoms with Crippen LogP contribution >= 0.6 is 23.1 Å². The van der Waals surface area contributed by atoms with Crippen LogP contribution in [0.4, 0.5) is 10.8 Å². The number of nitrogens with one attached hydrogen (secondary N) is 2. The van der Waals surface area contributed by atoms with Crippen molar-refractivity contribution in [3.8, 4) is 5.75 Å². The highest BCUT2D eigenvalue weighted by Crippen LogP contribution is 2.34. The molecule has 4 rings (SSSR count). The number of hydrogen-bond acceptors (Lipinski definition) is 7. The van der Waals surface area contributed by atoms with Crippen molar-refractivity contribution in [2.24, 2.45) is 0 Å². The molecule has 0 spiro atoms. The Bertz CT molecular complexity index is 1020. The molecule has 6 nitrogen and oxygen atoms in total. The number of para-hydroxylation sites is 2. The molecule has 2 N–H and O–H groups in total. The van der Waals surface area contributed by atoms with Gasteiger partial charge in [-0.1, -0.05) is 59.5 Å². The molecule has 0 radical (unpaired) electrons. The van der Waals surface area contributed by atoms with Gasteiger partial charge < -0.3 is 15.4 Å². The number of benzene rings is 2. The fraction of sp³-hybridized carbons (Fsp3) is 0.318. The van der Waals surface area contributed by atoms with E-state index in [2.05, 4.69) is 39.0 Å². The molecule has 8 heteroatoms. The lowest BCUT2D eigenvalue weighted by Crippen LogP contribution is -2.35. The maximum Gasteiger partial charge on any atom is 0.233 e. The van der Waals surface area contributed by atoms with Crippen LogP contribution in [0.5, 0.6) is 5.75 Å². The van der Waals surface area contributed by atoms with Crippen LogP contribution in [0.15, 0.2) is 52.9 Å². The predicted molar refractivity (Wildman–Crippen MR) is 122 cm³/mol. The van der Waals surface area contributed by atoms with Crippen molar-refractivity contribution >= 4 is 39.8 Å². The molecule has 30 heavy (non-hydrogen) atoms. The van der Waals surface area contributed by atoms with E-state index in [4.69, 9.17) is 4.74 Å². The number of carbonyl (C=O) groups is 1. The summed E-state index contributed by atoms with van der Waals surface area (Å²) in [5.41, 5.74) is 3.41. The van der Waals surface area contributed by atoms with Gasteiger partial charge in [-0.3, -0.25) is 4.79 Å². The van der Waals surface area contributed by atoms with Crippen molar-refractivity contribution in [3.05, 3.63) is 59.7 Å². The quantitative estimate of drug-likeness (QED) is 0.506. The fourth-order valence-electron chi connectivity index (χ4n) is 3.57. The highest BCUT2D eigenvalue weighted by atomic mass is 32.2. The summed E-state index contributed by atoms with van der Waals surface area (Å²) >= 11 is 2.85. The van der Waals surface area contributed by atoms with Gasteiger partial charge in [-0.2, -0.15) is 0 Å². The number of fused-ring (bicyclic) bond motifs is 1. The van der Waals surface area contributed by atoms with Crippen LogP contribution in [0.3, 0.4) is 0 Å². The van der Waals surface area contributed by atoms with Crippen LogP contribution in [0.25, 0.3) is 0 Å². The molecule has 0 saturated heterocycles. The zero-order chi connectivity index (χ0) is 20.9. The Morgan fingerprint density at radius 1 is 1.20 bits per heavy atom. The summed E-state index contributed by atoms with van der Waals surface area (Å²) in [5, 5.41) is 15.3. The largest absolute Gasteiger partial charge is 0.495 e. The second kappa shape index (κ2) is 9.49. The van der Waals surface area contributed by atoms with Gasteiger partial charge in [0.25, 0.3) is 0 Å². The van der Waals surface area contributed by atoms with Crippen molar-refractivity contribution in [1.82, 2.24) is 15.5 Å². The zero-order valence-electron chi connectivity index (χ0n) is 16.9. The van der Waals surface area contributed by atoms with E-state index in [1.807, 2.05) is 37.3 Å². The summed E-state index contributed by atoms with van der Waals surface area (Å²) < 4.78 is 6.10. The van der Waals surface area contributed by atoms with E-state index in [1.54, 1.807) is 7.11 Å². The first kappa shape index (κ1) is 20.7. The average molecular weight is 441 g/mol. The van der Waals surface area contributed by atoms with Gasteiger partial charge in [0.1, 0.15) is 5.75 Å². The minimum atomic E-state index is -0.258. The first-order valence-corrected chi connectivity index (χ1v) is 11.6. The third-order valence-electron chi connectivity index (χ3n) is 5.09. The Labute approximate surface area is 184 Å². The van der Waals surface area contributed by atoms with E-state index in [9.17, 15) is 4.79 Å². The summed E-state index contributed by atoms with van der Waals surface area (Å²) in [4.78, 5) is 12.8. The number of thioether (sulfide) groups is 1. The van der Waals surface area contributed by atoms with E-state index in [0.717, 1.165) is 35.0 Å². The minimum absolute atomic E-state index is 0.0242. The number of anilines is 2. The Morgan fingerprint density at radius 2 is 2.00 bits per heavy atom. The van der Waals surface area contributed by atoms with Gasteiger partial charge in [0.05, 0.1) is 24.1 Å². The van der Waals surface area contributed by atoms with E-state index < -0.39 is 0 Å². The van der Waals surface area contributed by atoms with Gasteiger partial charge in [-0.25, -0.2) is 0 Å². The van der Waals surface area contributed by atoms with Crippen molar-refractivity contribution in [2.45, 2.75) is 41.8 Å². The first-order valence-electron chi connectivity index (χ1n) is 9.92. The minimum Gasteiger partial charge on any atom is -0.495 e. The number of aromatic nitrogens is 2. The Kier molecular flexibility index (Phi) is 6.54. The highest BCUT2D eigenvalue weighted by molar-refractivity contribution is 8.02. The second-order valence-electron chi connectivity index (χ2n) is 7.11. The number of nitrogens with zero attached hydrogens (tertiary/aromatic N) is 2. The van der Waals surface area contributed by atoms with Crippen LogP contribution in [-0.2, 0) is 11.2 Å². The van der Waals surface area contributed by atoms with Crippen LogP contribution in [-0.4, -0.2) is 28.5 Å². The molecular weight excluding hydrogens is 416 g/mol. The molecule has 0 saturated carbocycles. The van der Waals surface area contributed by atoms with Gasteiger partial charge in [0.15, 0.2) is 4.34 Å². The molecule has 156 valence electrons. The van der Waals surface area contributed by atoms with Gasteiger partial charge in [-0.05, 0) is 49.4 Å². The van der Waals surface area contributed by atoms with Crippen molar-refractivity contribution in [1.29, 1.82) is 0 Å². The van der Waals surface area contributed by atoms with E-state index in [1.165, 1.54) is 34.2 Å². The van der Waals surface area contributed by atoms with E-state index >= 15 is 0 Å². The number of aryl methyl sites for hydroxylation is 1. The maximum atomic E-state index is 12.8. The smallest absolute Gasteiger partial charge is 0.233 e. The monoisotopic (exact) mass is 440 g/mol. The molecule has 1 aliphatic carbocycles. The lowest BCUT2D eigenvalue weighted by Gasteiger charge is -2.27. The molecule has 1 heterocycles. The average Bonchev–Trinajstić information content (AvgIpc) is 3.21. The number of carbonyl (C=O) groups excluding carboxylic acids is 1. The van der Waals surface area contributed by atoms with Crippen LogP contribution < -0.4 is 15.4 Å². The Hall–Kier alpha value is -2.58. The molecule has 1 aromatic heterocycles. The molecule has 0 unspecified atom stereocenters. The number of rotatable bonds is 7. The molecule has 0 aliphatic heterocycles. The van der Waals surface area contributed by atoms with Gasteiger partial charge in [0.2, 0.25) is 11.0 Å². The van der Waals surface area contributed by atoms with Crippen molar-refractivity contribution in [3.63, 3.8) is 0 Å². The normalized spacial score (nSPS) is 16.4. The standard InChI is InChI=1S/C22H24N4O2S2/c1-14(20(27)23-17-12-7-9-15-8-3-4-10-16(15)17)29-22-26-25-21(30-22)24-18-11-5-6-13-19(18)28-2/h3-6,8,10-11,13-14,17H,7,9,12H2,1-2H3,(H,23,27)(H,24,25)/t14-,17+/m0/s1. The van der Waals surface area contributed by atoms with Gasteiger partial charge in [0, 0.05) is 0 Å². The lowest BCUT2D eigenvalue weighted by molar-refractivity contribution is -0.121. The molecule has 2 aromatic carbocycles. The number of methoxy groups -OCH3 is 1. The molecule has 1 amide bonds. The van der Waals surface area contributed by atoms with E-state index in [0.29, 0.717) is 5.13 Å². The second-order valence-corrected chi connectivity index (χ2v) is 9.68. The topological polar surface area (TPSA) is 76.1 Å². The lowest BCUT2D eigenvalue weighted by atomic mass is 9.88. The maximum absolute atomic E-state index is 12.8. The molecule has 2 atom stereocenters. The van der Waals surface area contributed by atoms with E-state index in [-0.39, 0.29) is 17.2 Å². The molecule has 1 aliphatic rings. The summed E-state index contributed by atoms with van der Waals surface area (Å²) in [6, 6.07) is 16.1. The third kappa shape index (κ3) is 4.76. The van der Waals surface area contributed by atoms with Crippen LogP contribution in [0.1, 0.15) is 36.9 Å². The van der Waals surface area contributed by atoms with Gasteiger partial charge in [-0.15, -0.1) is 10.2 Å². The van der Waals surface area contributed by atoms with Crippen LogP contribution in [0.2, 0.25) is 0 Å². The summed E-state index contributed by atoms with van der Waals surface area (Å²) in [5.74, 6) is 0.763. The zero-order valence-corrected chi connectivity index (χ0v) is 18.6. The number of ether oxygens (including phenoxy) is 1. The van der Waals surface area contributed by atoms with Gasteiger partial charge >= 0.3 is 0 Å². The summed E-state index contributed by atoms with van der Waals surface area (Å²) in [6.07, 6.45) is 3.16.